The zero-order chi connectivity index (χ0) is 32.9. The summed E-state index contributed by atoms with van der Waals surface area (Å²) in [6.07, 6.45) is 2.64. The number of hydrogen-bond donors (Lipinski definition) is 0. The minimum atomic E-state index is -0.710. The fourth-order valence-electron chi connectivity index (χ4n) is 7.08. The van der Waals surface area contributed by atoms with Gasteiger partial charge in [0.2, 0.25) is 0 Å². The minimum Gasteiger partial charge on any atom is -0.444 e. The van der Waals surface area contributed by atoms with Crippen LogP contribution in [0, 0.1) is 17.6 Å². The molecule has 248 valence electrons. The van der Waals surface area contributed by atoms with Crippen molar-refractivity contribution in [3.05, 3.63) is 51.4 Å². The first-order chi connectivity index (χ1) is 21.8. The Labute approximate surface area is 278 Å². The van der Waals surface area contributed by atoms with E-state index >= 15 is 4.39 Å². The third-order valence-corrected chi connectivity index (χ3v) is 10.9. The molecule has 0 aliphatic carbocycles. The van der Waals surface area contributed by atoms with Gasteiger partial charge in [-0.1, -0.05) is 18.5 Å². The molecule has 3 aliphatic heterocycles. The molecule has 0 saturated carbocycles. The van der Waals surface area contributed by atoms with Crippen molar-refractivity contribution in [3.63, 3.8) is 0 Å². The number of piperidine rings is 1. The number of amides is 1. The van der Waals surface area contributed by atoms with Crippen LogP contribution in [0.4, 0.5) is 19.4 Å². The average Bonchev–Trinajstić information content (AvgIpc) is 2.99. The number of carbonyl (C=O) groups excluding carboxylic acids is 1. The maximum atomic E-state index is 15.3. The number of anilines is 1. The standard InChI is InChI=1S/C34H42ClF2N5O3S/c1-6-39-11-9-21(10-12-39)15-23-19-46-30-28(24-8-7-22(36)16-27(24)37)26(35)17-25-29(30)42(23)32(43)38-31(25)41-14-13-40(18-20(41)2)33(44)45-34(3,4)5/h7-8,16-17,20-21,23H,6,9-15,18-19H2,1-5H3/t20-,23-/m0/s1. The summed E-state index contributed by atoms with van der Waals surface area (Å²) in [4.78, 5) is 38.5. The van der Waals surface area contributed by atoms with E-state index in [1.807, 2.05) is 27.7 Å². The molecule has 8 nitrogen and oxygen atoms in total. The van der Waals surface area contributed by atoms with Crippen molar-refractivity contribution in [2.24, 2.45) is 5.92 Å². The highest BCUT2D eigenvalue weighted by Gasteiger charge is 2.36. The van der Waals surface area contributed by atoms with Crippen LogP contribution in [0.1, 0.15) is 59.9 Å². The number of hydrogen-bond acceptors (Lipinski definition) is 7. The second-order valence-electron chi connectivity index (χ2n) is 13.7. The van der Waals surface area contributed by atoms with Crippen molar-refractivity contribution in [2.45, 2.75) is 76.5 Å². The van der Waals surface area contributed by atoms with Gasteiger partial charge in [-0.05, 0) is 90.7 Å². The first-order valence-corrected chi connectivity index (χ1v) is 17.5. The molecule has 0 bridgehead atoms. The maximum absolute atomic E-state index is 15.3. The van der Waals surface area contributed by atoms with Crippen molar-refractivity contribution < 1.29 is 18.3 Å². The Bertz CT molecular complexity index is 1710. The van der Waals surface area contributed by atoms with Gasteiger partial charge in [0, 0.05) is 64.9 Å². The number of ether oxygens (including phenoxy) is 1. The molecule has 0 radical (unpaired) electrons. The van der Waals surface area contributed by atoms with Crippen LogP contribution in [0.3, 0.4) is 0 Å². The molecule has 2 saturated heterocycles. The van der Waals surface area contributed by atoms with Gasteiger partial charge in [-0.15, -0.1) is 11.8 Å². The number of benzene rings is 2. The minimum absolute atomic E-state index is 0.0826. The van der Waals surface area contributed by atoms with Crippen molar-refractivity contribution in [1.82, 2.24) is 19.4 Å². The molecule has 1 aromatic heterocycles. The number of aromatic nitrogens is 2. The van der Waals surface area contributed by atoms with Crippen LogP contribution in [-0.4, -0.2) is 82.1 Å². The summed E-state index contributed by atoms with van der Waals surface area (Å²) in [5.74, 6) is 0.228. The third-order valence-electron chi connectivity index (χ3n) is 9.39. The second kappa shape index (κ2) is 13.0. The molecule has 2 aromatic carbocycles. The number of likely N-dealkylation sites (tertiary alicyclic amines) is 1. The van der Waals surface area contributed by atoms with E-state index in [-0.39, 0.29) is 29.4 Å². The van der Waals surface area contributed by atoms with E-state index in [4.69, 9.17) is 21.3 Å². The molecule has 0 spiro atoms. The molecule has 12 heteroatoms. The van der Waals surface area contributed by atoms with Gasteiger partial charge in [-0.3, -0.25) is 4.57 Å². The number of thioether (sulfide) groups is 1. The zero-order valence-corrected chi connectivity index (χ0v) is 28.7. The Morgan fingerprint density at radius 1 is 1.13 bits per heavy atom. The van der Waals surface area contributed by atoms with Gasteiger partial charge in [0.1, 0.15) is 23.1 Å². The molecule has 1 amide bonds. The molecule has 0 N–H and O–H groups in total. The molecule has 4 heterocycles. The number of piperazine rings is 1. The molecule has 46 heavy (non-hydrogen) atoms. The van der Waals surface area contributed by atoms with Crippen LogP contribution >= 0.6 is 23.4 Å². The molecule has 2 fully saturated rings. The zero-order valence-electron chi connectivity index (χ0n) is 27.1. The van der Waals surface area contributed by atoms with Gasteiger partial charge in [0.15, 0.2) is 0 Å². The highest BCUT2D eigenvalue weighted by atomic mass is 35.5. The predicted molar refractivity (Wildman–Crippen MR) is 180 cm³/mol. The van der Waals surface area contributed by atoms with Crippen molar-refractivity contribution >= 4 is 46.2 Å². The monoisotopic (exact) mass is 673 g/mol. The number of nitrogens with zero attached hydrogens (tertiary/aromatic N) is 5. The lowest BCUT2D eigenvalue weighted by molar-refractivity contribution is 0.0218. The molecular formula is C34H42ClF2N5O3S. The smallest absolute Gasteiger partial charge is 0.410 e. The SMILES string of the molecule is CCN1CCC(C[C@H]2CSc3c(-c4ccc(F)cc4F)c(Cl)cc4c(N5CCN(C(=O)OC(C)(C)C)C[C@@H]5C)nc(=O)n2c34)CC1. The lowest BCUT2D eigenvalue weighted by Crippen LogP contribution is -2.55. The molecule has 3 aliphatic rings. The van der Waals surface area contributed by atoms with E-state index in [2.05, 4.69) is 16.7 Å². The van der Waals surface area contributed by atoms with Gasteiger partial charge in [-0.25, -0.2) is 18.4 Å². The summed E-state index contributed by atoms with van der Waals surface area (Å²) < 4.78 is 36.6. The van der Waals surface area contributed by atoms with E-state index in [0.717, 1.165) is 45.0 Å². The van der Waals surface area contributed by atoms with E-state index in [9.17, 15) is 14.0 Å². The van der Waals surface area contributed by atoms with Crippen molar-refractivity contribution in [2.75, 3.05) is 49.9 Å². The van der Waals surface area contributed by atoms with Gasteiger partial charge >= 0.3 is 11.8 Å². The van der Waals surface area contributed by atoms with E-state index in [1.165, 1.54) is 12.1 Å². The summed E-state index contributed by atoms with van der Waals surface area (Å²) in [5, 5.41) is 1.01. The molecule has 2 atom stereocenters. The largest absolute Gasteiger partial charge is 0.444 e. The highest BCUT2D eigenvalue weighted by Crippen LogP contribution is 2.49. The normalized spacial score (nSPS) is 21.2. The Kier molecular flexibility index (Phi) is 9.30. The first-order valence-electron chi connectivity index (χ1n) is 16.2. The molecular weight excluding hydrogens is 632 g/mol. The van der Waals surface area contributed by atoms with Crippen molar-refractivity contribution in [3.8, 4) is 11.1 Å². The first kappa shape index (κ1) is 33.0. The van der Waals surface area contributed by atoms with Crippen LogP contribution in [0.5, 0.6) is 0 Å². The molecule has 0 unspecified atom stereocenters. The van der Waals surface area contributed by atoms with Crippen LogP contribution < -0.4 is 10.6 Å². The average molecular weight is 674 g/mol. The topological polar surface area (TPSA) is 70.9 Å². The Morgan fingerprint density at radius 2 is 1.87 bits per heavy atom. The van der Waals surface area contributed by atoms with Crippen LogP contribution in [0.25, 0.3) is 22.0 Å². The summed E-state index contributed by atoms with van der Waals surface area (Å²) in [5.41, 5.74) is 0.378. The van der Waals surface area contributed by atoms with Gasteiger partial charge in [0.05, 0.1) is 10.5 Å². The van der Waals surface area contributed by atoms with Crippen molar-refractivity contribution in [1.29, 1.82) is 0 Å². The Morgan fingerprint density at radius 3 is 2.52 bits per heavy atom. The van der Waals surface area contributed by atoms with Gasteiger partial charge in [0.25, 0.3) is 0 Å². The van der Waals surface area contributed by atoms with Crippen LogP contribution in [-0.2, 0) is 4.74 Å². The van der Waals surface area contributed by atoms with Crippen LogP contribution in [0.15, 0.2) is 34.0 Å². The number of halogens is 3. The highest BCUT2D eigenvalue weighted by molar-refractivity contribution is 7.99. The van der Waals surface area contributed by atoms with E-state index in [0.29, 0.717) is 63.5 Å². The Balaban J connectivity index is 1.44. The number of carbonyl (C=O) groups is 1. The lowest BCUT2D eigenvalue weighted by Gasteiger charge is -2.41. The maximum Gasteiger partial charge on any atom is 0.410 e. The van der Waals surface area contributed by atoms with E-state index < -0.39 is 17.2 Å². The van der Waals surface area contributed by atoms with Gasteiger partial charge in [-0.2, -0.15) is 4.98 Å². The molecule has 3 aromatic rings. The van der Waals surface area contributed by atoms with E-state index in [1.54, 1.807) is 27.3 Å². The predicted octanol–water partition coefficient (Wildman–Crippen LogP) is 7.21. The summed E-state index contributed by atoms with van der Waals surface area (Å²) in [6, 6.07) is 5.01. The summed E-state index contributed by atoms with van der Waals surface area (Å²) in [7, 11) is 0. The summed E-state index contributed by atoms with van der Waals surface area (Å²) >= 11 is 8.54. The fraction of sp³-hybridized carbons (Fsp3) is 0.559. The summed E-state index contributed by atoms with van der Waals surface area (Å²) in [6.45, 7) is 14.1. The second-order valence-corrected chi connectivity index (χ2v) is 15.2. The van der Waals surface area contributed by atoms with Crippen LogP contribution in [0.2, 0.25) is 5.02 Å². The fourth-order valence-corrected chi connectivity index (χ4v) is 8.80. The quantitative estimate of drug-likeness (QED) is 0.284. The number of rotatable bonds is 5. The molecule has 6 rings (SSSR count). The Hall–Kier alpha value is -2.89. The van der Waals surface area contributed by atoms with Gasteiger partial charge < -0.3 is 19.4 Å². The third kappa shape index (κ3) is 6.47. The lowest BCUT2D eigenvalue weighted by atomic mass is 9.90.